The Kier molecular flexibility index (Phi) is 4.46. The molecule has 2 heterocycles. The molecular formula is C19H18FN4OPS. The second kappa shape index (κ2) is 6.68. The molecule has 0 amide bonds. The Morgan fingerprint density at radius 3 is 2.41 bits per heavy atom. The van der Waals surface area contributed by atoms with E-state index in [4.69, 9.17) is 21.3 Å². The summed E-state index contributed by atoms with van der Waals surface area (Å²) in [4.78, 5) is 4.78. The summed E-state index contributed by atoms with van der Waals surface area (Å²) in [5.41, 5.74) is 2.01. The van der Waals surface area contributed by atoms with Crippen molar-refractivity contribution in [3.05, 3.63) is 71.7 Å². The number of hydrogen-bond donors (Lipinski definition) is 0. The molecule has 8 heteroatoms. The number of aromatic nitrogens is 2. The van der Waals surface area contributed by atoms with E-state index in [2.05, 4.69) is 5.10 Å². The normalized spacial score (nSPS) is 19.0. The molecule has 0 N–H and O–H groups in total. The number of rotatable bonds is 3. The van der Waals surface area contributed by atoms with E-state index < -0.39 is 6.42 Å². The Morgan fingerprint density at radius 1 is 1.07 bits per heavy atom. The lowest BCUT2D eigenvalue weighted by atomic mass is 10.2. The van der Waals surface area contributed by atoms with Gasteiger partial charge in [0.05, 0.1) is 22.2 Å². The van der Waals surface area contributed by atoms with Gasteiger partial charge in [0.25, 0.3) is 0 Å². The van der Waals surface area contributed by atoms with Gasteiger partial charge in [-0.05, 0) is 43.0 Å². The number of nitrogens with zero attached hydrogens (tertiary/aromatic N) is 4. The highest BCUT2D eigenvalue weighted by Gasteiger charge is 2.40. The molecule has 1 atom stereocenters. The maximum Gasteiger partial charge on any atom is 0.192 e. The molecule has 0 saturated heterocycles. The van der Waals surface area contributed by atoms with E-state index in [0.717, 1.165) is 16.7 Å². The van der Waals surface area contributed by atoms with Gasteiger partial charge in [0.15, 0.2) is 12.2 Å². The predicted octanol–water partition coefficient (Wildman–Crippen LogP) is 3.92. The minimum atomic E-state index is -2.67. The Balaban J connectivity index is 2.04. The van der Waals surface area contributed by atoms with E-state index in [0.29, 0.717) is 17.2 Å². The summed E-state index contributed by atoms with van der Waals surface area (Å²) < 4.78 is 23.9. The number of halogens is 1. The van der Waals surface area contributed by atoms with E-state index in [-0.39, 0.29) is 5.82 Å². The van der Waals surface area contributed by atoms with Gasteiger partial charge in [0.2, 0.25) is 0 Å². The highest BCUT2D eigenvalue weighted by Crippen LogP contribution is 2.55. The topological polar surface area (TPSA) is 42.6 Å². The Morgan fingerprint density at radius 2 is 1.74 bits per heavy atom. The first-order chi connectivity index (χ1) is 13.0. The second-order valence-electron chi connectivity index (χ2n) is 6.15. The average Bonchev–Trinajstić information content (AvgIpc) is 3.03. The van der Waals surface area contributed by atoms with Crippen LogP contribution in [0.1, 0.15) is 11.3 Å². The van der Waals surface area contributed by atoms with Crippen LogP contribution < -0.4 is 5.30 Å². The van der Waals surface area contributed by atoms with E-state index in [1.165, 1.54) is 6.07 Å². The lowest BCUT2D eigenvalue weighted by molar-refractivity contribution is 0.438. The summed E-state index contributed by atoms with van der Waals surface area (Å²) in [6, 6.07) is 16.2. The van der Waals surface area contributed by atoms with Crippen LogP contribution in [0.15, 0.2) is 59.6 Å². The standard InChI is InChI=1S/C19H18FN4OPS/c1-13-17-19(24(22-13)14-9-5-4-6-10-14)21-18(23(2)26(17,27)25-3)15-11-7-8-12-16(15)20/h4-12H,1-3H3. The number of aliphatic imine (C=N–C) groups is 1. The van der Waals surface area contributed by atoms with E-state index in [1.54, 1.807) is 41.7 Å². The molecule has 0 aliphatic carbocycles. The fourth-order valence-corrected chi connectivity index (χ4v) is 6.08. The van der Waals surface area contributed by atoms with Crippen LogP contribution in [-0.4, -0.2) is 34.4 Å². The zero-order chi connectivity index (χ0) is 19.2. The number of benzene rings is 2. The van der Waals surface area contributed by atoms with Gasteiger partial charge in [0, 0.05) is 14.2 Å². The van der Waals surface area contributed by atoms with Crippen molar-refractivity contribution in [1.29, 1.82) is 0 Å². The molecule has 4 rings (SSSR count). The quantitative estimate of drug-likeness (QED) is 0.625. The highest BCUT2D eigenvalue weighted by atomic mass is 32.4. The van der Waals surface area contributed by atoms with Crippen molar-refractivity contribution in [3.8, 4) is 5.69 Å². The van der Waals surface area contributed by atoms with Crippen molar-refractivity contribution in [2.24, 2.45) is 4.99 Å². The molecule has 0 radical (unpaired) electrons. The Labute approximate surface area is 162 Å². The van der Waals surface area contributed by atoms with Crippen LogP contribution in [0.4, 0.5) is 10.2 Å². The molecule has 27 heavy (non-hydrogen) atoms. The first-order valence-corrected chi connectivity index (χ1v) is 11.0. The SMILES string of the molecule is COP1(=S)c2c(C)nn(-c3ccccc3)c2N=C(c2ccccc2F)N1C. The van der Waals surface area contributed by atoms with Crippen LogP contribution in [0, 0.1) is 12.7 Å². The number of para-hydroxylation sites is 1. The summed E-state index contributed by atoms with van der Waals surface area (Å²) in [6.45, 7) is 1.90. The predicted molar refractivity (Wildman–Crippen MR) is 110 cm³/mol. The monoisotopic (exact) mass is 400 g/mol. The van der Waals surface area contributed by atoms with Crippen molar-refractivity contribution in [2.75, 3.05) is 14.2 Å². The Hall–Kier alpha value is -2.34. The van der Waals surface area contributed by atoms with E-state index >= 15 is 0 Å². The van der Waals surface area contributed by atoms with Crippen LogP contribution in [0.25, 0.3) is 5.69 Å². The fourth-order valence-electron chi connectivity index (χ4n) is 3.23. The van der Waals surface area contributed by atoms with Gasteiger partial charge in [-0.25, -0.2) is 14.1 Å². The lowest BCUT2D eigenvalue weighted by Crippen LogP contribution is -2.34. The third-order valence-electron chi connectivity index (χ3n) is 4.56. The maximum atomic E-state index is 14.5. The van der Waals surface area contributed by atoms with Crippen molar-refractivity contribution < 1.29 is 8.91 Å². The second-order valence-corrected chi connectivity index (χ2v) is 10.1. The summed E-state index contributed by atoms with van der Waals surface area (Å²) >= 11 is 5.96. The molecular weight excluding hydrogens is 382 g/mol. The molecule has 2 aromatic carbocycles. The van der Waals surface area contributed by atoms with Crippen LogP contribution in [0.3, 0.4) is 0 Å². The summed E-state index contributed by atoms with van der Waals surface area (Å²) in [7, 11) is 3.39. The van der Waals surface area contributed by atoms with Gasteiger partial charge >= 0.3 is 0 Å². The van der Waals surface area contributed by atoms with Crippen molar-refractivity contribution in [1.82, 2.24) is 14.5 Å². The number of hydrogen-bond acceptors (Lipinski definition) is 4. The molecule has 0 spiro atoms. The van der Waals surface area contributed by atoms with Gasteiger partial charge in [0.1, 0.15) is 11.7 Å². The number of fused-ring (bicyclic) bond motifs is 1. The average molecular weight is 400 g/mol. The molecule has 1 aliphatic rings. The molecule has 138 valence electrons. The Bertz CT molecular complexity index is 1100. The fraction of sp³-hybridized carbons (Fsp3) is 0.158. The zero-order valence-electron chi connectivity index (χ0n) is 15.1. The first-order valence-electron chi connectivity index (χ1n) is 8.36. The first kappa shape index (κ1) is 18.0. The zero-order valence-corrected chi connectivity index (χ0v) is 16.8. The molecule has 1 aromatic heterocycles. The van der Waals surface area contributed by atoms with Crippen molar-refractivity contribution in [2.45, 2.75) is 6.92 Å². The highest BCUT2D eigenvalue weighted by molar-refractivity contribution is 8.15. The van der Waals surface area contributed by atoms with E-state index in [1.807, 2.05) is 37.3 Å². The van der Waals surface area contributed by atoms with E-state index in [9.17, 15) is 4.39 Å². The number of aryl methyl sites for hydroxylation is 1. The smallest absolute Gasteiger partial charge is 0.192 e. The van der Waals surface area contributed by atoms with Gasteiger partial charge in [-0.2, -0.15) is 5.10 Å². The number of amidine groups is 1. The minimum Gasteiger partial charge on any atom is -0.334 e. The van der Waals surface area contributed by atoms with Crippen LogP contribution >= 0.6 is 6.42 Å². The van der Waals surface area contributed by atoms with Gasteiger partial charge in [-0.1, -0.05) is 30.3 Å². The summed E-state index contributed by atoms with van der Waals surface area (Å²) in [6.07, 6.45) is -2.67. The van der Waals surface area contributed by atoms with Gasteiger partial charge in [-0.3, -0.25) is 0 Å². The molecule has 0 fully saturated rings. The van der Waals surface area contributed by atoms with Gasteiger partial charge < -0.3 is 9.19 Å². The van der Waals surface area contributed by atoms with Crippen LogP contribution in [0.2, 0.25) is 0 Å². The van der Waals surface area contributed by atoms with Gasteiger partial charge in [-0.15, -0.1) is 0 Å². The summed E-state index contributed by atoms with van der Waals surface area (Å²) in [5.74, 6) is 0.690. The molecule has 1 aliphatic heterocycles. The minimum absolute atomic E-state index is 0.355. The summed E-state index contributed by atoms with van der Waals surface area (Å²) in [5, 5.41) is 5.46. The molecule has 3 aromatic rings. The van der Waals surface area contributed by atoms with Crippen molar-refractivity contribution >= 4 is 35.2 Å². The largest absolute Gasteiger partial charge is 0.334 e. The maximum absolute atomic E-state index is 14.5. The third kappa shape index (κ3) is 2.74. The lowest BCUT2D eigenvalue weighted by Gasteiger charge is -2.36. The van der Waals surface area contributed by atoms with Crippen LogP contribution in [-0.2, 0) is 16.3 Å². The molecule has 0 bridgehead atoms. The molecule has 1 unspecified atom stereocenters. The molecule has 5 nitrogen and oxygen atoms in total. The third-order valence-corrected chi connectivity index (χ3v) is 8.86. The van der Waals surface area contributed by atoms with Crippen LogP contribution in [0.5, 0.6) is 0 Å². The molecule has 0 saturated carbocycles. The van der Waals surface area contributed by atoms with Crippen molar-refractivity contribution in [3.63, 3.8) is 0 Å².